The molecule has 0 fully saturated rings. The second-order valence-corrected chi connectivity index (χ2v) is 4.53. The zero-order chi connectivity index (χ0) is 15.2. The zero-order valence-electron chi connectivity index (χ0n) is 12.0. The number of hydrogen-bond donors (Lipinski definition) is 0. The Morgan fingerprint density at radius 2 is 1.67 bits per heavy atom. The van der Waals surface area contributed by atoms with Crippen molar-refractivity contribution in [1.82, 2.24) is 0 Å². The van der Waals surface area contributed by atoms with E-state index in [4.69, 9.17) is 4.74 Å². The number of methoxy groups -OCH3 is 1. The first-order valence-electron chi connectivity index (χ1n) is 6.52. The highest BCUT2D eigenvalue weighted by atomic mass is 16.5. The lowest BCUT2D eigenvalue weighted by Gasteiger charge is -2.10. The highest BCUT2D eigenvalue weighted by Gasteiger charge is 2.08. The van der Waals surface area contributed by atoms with Crippen molar-refractivity contribution in [3.05, 3.63) is 65.2 Å². The van der Waals surface area contributed by atoms with E-state index in [9.17, 15) is 9.59 Å². The van der Waals surface area contributed by atoms with E-state index >= 15 is 0 Å². The predicted molar refractivity (Wildman–Crippen MR) is 78.6 cm³/mol. The van der Waals surface area contributed by atoms with E-state index in [0.717, 1.165) is 5.56 Å². The van der Waals surface area contributed by atoms with Crippen molar-refractivity contribution in [1.29, 1.82) is 0 Å². The summed E-state index contributed by atoms with van der Waals surface area (Å²) in [5, 5.41) is 0. The highest BCUT2D eigenvalue weighted by Crippen LogP contribution is 2.20. The second-order valence-electron chi connectivity index (χ2n) is 4.53. The van der Waals surface area contributed by atoms with Crippen molar-refractivity contribution in [3.63, 3.8) is 0 Å². The molecule has 0 radical (unpaired) electrons. The minimum Gasteiger partial charge on any atom is -0.488 e. The Labute approximate surface area is 123 Å². The standard InChI is InChI=1S/C17H16O4/c1-12(18)15-5-3-4-6-16(15)21-11-13-7-9-14(10-8-13)17(19)20-2/h3-10H,11H2,1-2H3. The van der Waals surface area contributed by atoms with E-state index in [2.05, 4.69) is 4.74 Å². The number of esters is 1. The maximum absolute atomic E-state index is 11.5. The minimum absolute atomic E-state index is 0.0355. The molecule has 0 aliphatic carbocycles. The summed E-state index contributed by atoms with van der Waals surface area (Å²) >= 11 is 0. The third kappa shape index (κ3) is 3.69. The van der Waals surface area contributed by atoms with Gasteiger partial charge in [0, 0.05) is 0 Å². The number of carbonyl (C=O) groups is 2. The molecule has 0 N–H and O–H groups in total. The number of carbonyl (C=O) groups excluding carboxylic acids is 2. The Morgan fingerprint density at radius 1 is 1.00 bits per heavy atom. The molecule has 2 aromatic rings. The number of ether oxygens (including phenoxy) is 2. The number of benzene rings is 2. The van der Waals surface area contributed by atoms with Crippen LogP contribution in [0.15, 0.2) is 48.5 Å². The van der Waals surface area contributed by atoms with Gasteiger partial charge in [0.05, 0.1) is 18.2 Å². The predicted octanol–water partition coefficient (Wildman–Crippen LogP) is 3.25. The van der Waals surface area contributed by atoms with Crippen LogP contribution in [0.2, 0.25) is 0 Å². The van der Waals surface area contributed by atoms with Crippen molar-refractivity contribution in [2.75, 3.05) is 7.11 Å². The van der Waals surface area contributed by atoms with Crippen molar-refractivity contribution < 1.29 is 19.1 Å². The molecule has 0 atom stereocenters. The molecule has 0 aliphatic heterocycles. The van der Waals surface area contributed by atoms with Crippen LogP contribution in [0.5, 0.6) is 5.75 Å². The number of rotatable bonds is 5. The fraction of sp³-hybridized carbons (Fsp3) is 0.176. The van der Waals surface area contributed by atoms with Gasteiger partial charge >= 0.3 is 5.97 Å². The molecule has 0 aliphatic rings. The summed E-state index contributed by atoms with van der Waals surface area (Å²) in [6, 6.07) is 14.1. The molecule has 0 amide bonds. The normalized spacial score (nSPS) is 10.0. The van der Waals surface area contributed by atoms with Crippen LogP contribution in [0.1, 0.15) is 33.2 Å². The van der Waals surface area contributed by atoms with E-state index in [1.165, 1.54) is 14.0 Å². The summed E-state index contributed by atoms with van der Waals surface area (Å²) in [6.07, 6.45) is 0. The lowest BCUT2D eigenvalue weighted by Crippen LogP contribution is -2.03. The van der Waals surface area contributed by atoms with Crippen LogP contribution in [0.4, 0.5) is 0 Å². The first-order valence-corrected chi connectivity index (χ1v) is 6.52. The number of ketones is 1. The molecular weight excluding hydrogens is 268 g/mol. The van der Waals surface area contributed by atoms with Crippen molar-refractivity contribution >= 4 is 11.8 Å². The lowest BCUT2D eigenvalue weighted by atomic mass is 10.1. The summed E-state index contributed by atoms with van der Waals surface area (Å²) < 4.78 is 10.3. The molecule has 108 valence electrons. The molecule has 0 spiro atoms. The first kappa shape index (κ1) is 14.8. The van der Waals surface area contributed by atoms with E-state index in [1.54, 1.807) is 42.5 Å². The Balaban J connectivity index is 2.07. The van der Waals surface area contributed by atoms with Gasteiger partial charge in [-0.1, -0.05) is 24.3 Å². The molecule has 0 unspecified atom stereocenters. The molecule has 0 aromatic heterocycles. The fourth-order valence-electron chi connectivity index (χ4n) is 1.90. The van der Waals surface area contributed by atoms with Gasteiger partial charge in [-0.2, -0.15) is 0 Å². The maximum Gasteiger partial charge on any atom is 0.337 e. The largest absolute Gasteiger partial charge is 0.488 e. The van der Waals surface area contributed by atoms with Crippen molar-refractivity contribution in [2.24, 2.45) is 0 Å². The Hall–Kier alpha value is -2.62. The van der Waals surface area contributed by atoms with Gasteiger partial charge in [0.2, 0.25) is 0 Å². The third-order valence-corrected chi connectivity index (χ3v) is 3.04. The van der Waals surface area contributed by atoms with E-state index in [-0.39, 0.29) is 11.8 Å². The van der Waals surface area contributed by atoms with Gasteiger partial charge in [-0.15, -0.1) is 0 Å². The molecule has 0 saturated heterocycles. The number of hydrogen-bond acceptors (Lipinski definition) is 4. The van der Waals surface area contributed by atoms with Crippen LogP contribution in [0, 0.1) is 0 Å². The monoisotopic (exact) mass is 284 g/mol. The summed E-state index contributed by atoms with van der Waals surface area (Å²) in [5.74, 6) is 0.151. The average molecular weight is 284 g/mol. The average Bonchev–Trinajstić information content (AvgIpc) is 2.52. The number of Topliss-reactive ketones (excluding diaryl/α,β-unsaturated/α-hetero) is 1. The third-order valence-electron chi connectivity index (χ3n) is 3.04. The van der Waals surface area contributed by atoms with Crippen molar-refractivity contribution in [3.8, 4) is 5.75 Å². The lowest BCUT2D eigenvalue weighted by molar-refractivity contribution is 0.0600. The Morgan fingerprint density at radius 3 is 2.29 bits per heavy atom. The van der Waals surface area contributed by atoms with Gasteiger partial charge in [0.25, 0.3) is 0 Å². The van der Waals surface area contributed by atoms with Crippen LogP contribution < -0.4 is 4.74 Å². The van der Waals surface area contributed by atoms with Crippen molar-refractivity contribution in [2.45, 2.75) is 13.5 Å². The molecule has 0 bridgehead atoms. The van der Waals surface area contributed by atoms with Gasteiger partial charge in [0.15, 0.2) is 5.78 Å². The van der Waals surface area contributed by atoms with E-state index in [0.29, 0.717) is 23.5 Å². The molecule has 4 nitrogen and oxygen atoms in total. The molecule has 0 saturated carbocycles. The van der Waals surface area contributed by atoms with Gasteiger partial charge in [-0.3, -0.25) is 4.79 Å². The summed E-state index contributed by atoms with van der Waals surface area (Å²) in [6.45, 7) is 1.83. The van der Waals surface area contributed by atoms with Crippen LogP contribution in [-0.4, -0.2) is 18.9 Å². The molecule has 2 aromatic carbocycles. The second kappa shape index (κ2) is 6.70. The smallest absolute Gasteiger partial charge is 0.337 e. The van der Waals surface area contributed by atoms with E-state index in [1.807, 2.05) is 6.07 Å². The van der Waals surface area contributed by atoms with Crippen LogP contribution in [-0.2, 0) is 11.3 Å². The summed E-state index contributed by atoms with van der Waals surface area (Å²) in [4.78, 5) is 22.8. The van der Waals surface area contributed by atoms with Gasteiger partial charge < -0.3 is 9.47 Å². The van der Waals surface area contributed by atoms with Crippen LogP contribution in [0.3, 0.4) is 0 Å². The first-order chi connectivity index (χ1) is 10.1. The molecule has 21 heavy (non-hydrogen) atoms. The fourth-order valence-corrected chi connectivity index (χ4v) is 1.90. The minimum atomic E-state index is -0.371. The van der Waals surface area contributed by atoms with Gasteiger partial charge in [-0.05, 0) is 36.8 Å². The summed E-state index contributed by atoms with van der Waals surface area (Å²) in [5.41, 5.74) is 1.95. The Kier molecular flexibility index (Phi) is 4.72. The molecule has 4 heteroatoms. The van der Waals surface area contributed by atoms with Gasteiger partial charge in [0.1, 0.15) is 12.4 Å². The van der Waals surface area contributed by atoms with Crippen LogP contribution >= 0.6 is 0 Å². The SMILES string of the molecule is COC(=O)c1ccc(COc2ccccc2C(C)=O)cc1. The molecular formula is C17H16O4. The molecule has 2 rings (SSSR count). The Bertz CT molecular complexity index is 644. The van der Waals surface area contributed by atoms with Gasteiger partial charge in [-0.25, -0.2) is 4.79 Å². The quantitative estimate of drug-likeness (QED) is 0.624. The number of para-hydroxylation sites is 1. The topological polar surface area (TPSA) is 52.6 Å². The van der Waals surface area contributed by atoms with Crippen LogP contribution in [0.25, 0.3) is 0 Å². The highest BCUT2D eigenvalue weighted by molar-refractivity contribution is 5.96. The summed E-state index contributed by atoms with van der Waals surface area (Å²) in [7, 11) is 1.35. The maximum atomic E-state index is 11.5. The molecule has 0 heterocycles. The zero-order valence-corrected chi connectivity index (χ0v) is 12.0. The van der Waals surface area contributed by atoms with E-state index < -0.39 is 0 Å².